The fraction of sp³-hybridized carbons (Fsp3) is 0.556. The van der Waals surface area contributed by atoms with Crippen molar-refractivity contribution >= 4 is 11.9 Å². The van der Waals surface area contributed by atoms with Gasteiger partial charge in [0, 0.05) is 11.5 Å². The molecule has 0 saturated heterocycles. The fourth-order valence-electron chi connectivity index (χ4n) is 2.23. The minimum absolute atomic E-state index is 0.0823. The monoisotopic (exact) mass is 305 g/mol. The second-order valence-electron chi connectivity index (χ2n) is 6.61. The number of carboxylic acid groups (broad SMARTS) is 1. The zero-order valence-electron chi connectivity index (χ0n) is 13.9. The van der Waals surface area contributed by atoms with Crippen LogP contribution in [0.25, 0.3) is 0 Å². The van der Waals surface area contributed by atoms with Gasteiger partial charge < -0.3 is 10.4 Å². The van der Waals surface area contributed by atoms with Crippen molar-refractivity contribution in [3.05, 3.63) is 35.9 Å². The molecule has 0 fully saturated rings. The van der Waals surface area contributed by atoms with Crippen LogP contribution >= 0.6 is 0 Å². The average Bonchev–Trinajstić information content (AvgIpc) is 2.47. The van der Waals surface area contributed by atoms with Gasteiger partial charge in [-0.25, -0.2) is 0 Å². The SMILES string of the molecule is CC(NC(=O)C(C)(C)CCCc1ccccc1)C(C)C(=O)O. The summed E-state index contributed by atoms with van der Waals surface area (Å²) in [5.41, 5.74) is 0.771. The Kier molecular flexibility index (Phi) is 6.60. The first kappa shape index (κ1) is 18.2. The van der Waals surface area contributed by atoms with E-state index in [-0.39, 0.29) is 11.9 Å². The van der Waals surface area contributed by atoms with Gasteiger partial charge in [0.2, 0.25) is 5.91 Å². The van der Waals surface area contributed by atoms with Crippen molar-refractivity contribution in [2.75, 3.05) is 0 Å². The molecule has 0 aromatic heterocycles. The number of aryl methyl sites for hydroxylation is 1. The van der Waals surface area contributed by atoms with E-state index in [2.05, 4.69) is 17.4 Å². The van der Waals surface area contributed by atoms with Crippen molar-refractivity contribution in [1.29, 1.82) is 0 Å². The van der Waals surface area contributed by atoms with Crippen LogP contribution in [0.1, 0.15) is 46.1 Å². The van der Waals surface area contributed by atoms with Gasteiger partial charge in [-0.2, -0.15) is 0 Å². The summed E-state index contributed by atoms with van der Waals surface area (Å²) in [6.07, 6.45) is 2.63. The van der Waals surface area contributed by atoms with Crippen LogP contribution in [-0.4, -0.2) is 23.0 Å². The molecule has 0 saturated carbocycles. The van der Waals surface area contributed by atoms with Crippen molar-refractivity contribution in [3.8, 4) is 0 Å². The molecular weight excluding hydrogens is 278 g/mol. The third-order valence-electron chi connectivity index (χ3n) is 4.22. The third-order valence-corrected chi connectivity index (χ3v) is 4.22. The number of hydrogen-bond acceptors (Lipinski definition) is 2. The first-order valence-corrected chi connectivity index (χ1v) is 7.82. The molecule has 1 aromatic carbocycles. The van der Waals surface area contributed by atoms with Crippen LogP contribution in [0.15, 0.2) is 30.3 Å². The topological polar surface area (TPSA) is 66.4 Å². The van der Waals surface area contributed by atoms with Gasteiger partial charge in [0.05, 0.1) is 5.92 Å². The molecule has 22 heavy (non-hydrogen) atoms. The maximum absolute atomic E-state index is 12.3. The van der Waals surface area contributed by atoms with E-state index in [0.29, 0.717) is 0 Å². The lowest BCUT2D eigenvalue weighted by atomic mass is 9.85. The largest absolute Gasteiger partial charge is 0.481 e. The molecule has 0 bridgehead atoms. The van der Waals surface area contributed by atoms with Crippen LogP contribution in [0.2, 0.25) is 0 Å². The molecule has 0 aliphatic heterocycles. The molecule has 122 valence electrons. The molecule has 4 heteroatoms. The van der Waals surface area contributed by atoms with Crippen LogP contribution in [0.4, 0.5) is 0 Å². The van der Waals surface area contributed by atoms with Gasteiger partial charge in [0.25, 0.3) is 0 Å². The Hall–Kier alpha value is -1.84. The Morgan fingerprint density at radius 2 is 1.77 bits per heavy atom. The molecule has 0 radical (unpaired) electrons. The lowest BCUT2D eigenvalue weighted by Gasteiger charge is -2.27. The highest BCUT2D eigenvalue weighted by molar-refractivity contribution is 5.82. The smallest absolute Gasteiger partial charge is 0.308 e. The van der Waals surface area contributed by atoms with Gasteiger partial charge in [-0.05, 0) is 38.7 Å². The predicted molar refractivity (Wildman–Crippen MR) is 87.6 cm³/mol. The second kappa shape index (κ2) is 7.97. The van der Waals surface area contributed by atoms with E-state index in [0.717, 1.165) is 19.3 Å². The average molecular weight is 305 g/mol. The van der Waals surface area contributed by atoms with Crippen molar-refractivity contribution in [2.45, 2.75) is 53.0 Å². The van der Waals surface area contributed by atoms with E-state index < -0.39 is 17.3 Å². The number of hydrogen-bond donors (Lipinski definition) is 2. The Labute approximate surface area is 132 Å². The predicted octanol–water partition coefficient (Wildman–Crippen LogP) is 3.26. The van der Waals surface area contributed by atoms with E-state index in [1.54, 1.807) is 13.8 Å². The van der Waals surface area contributed by atoms with Gasteiger partial charge in [-0.1, -0.05) is 44.2 Å². The standard InChI is InChI=1S/C18H27NO3/c1-13(16(20)21)14(2)19-17(22)18(3,4)12-8-11-15-9-6-5-7-10-15/h5-7,9-10,13-14H,8,11-12H2,1-4H3,(H,19,22)(H,20,21). The Morgan fingerprint density at radius 1 is 1.18 bits per heavy atom. The van der Waals surface area contributed by atoms with Gasteiger partial charge >= 0.3 is 5.97 Å². The number of benzene rings is 1. The number of carbonyl (C=O) groups excluding carboxylic acids is 1. The van der Waals surface area contributed by atoms with E-state index in [1.807, 2.05) is 32.0 Å². The number of nitrogens with one attached hydrogen (secondary N) is 1. The molecule has 1 rings (SSSR count). The van der Waals surface area contributed by atoms with E-state index in [4.69, 9.17) is 5.11 Å². The summed E-state index contributed by atoms with van der Waals surface area (Å²) in [6.45, 7) is 7.16. The number of rotatable bonds is 8. The lowest BCUT2D eigenvalue weighted by molar-refractivity contribution is -0.142. The lowest BCUT2D eigenvalue weighted by Crippen LogP contribution is -2.45. The highest BCUT2D eigenvalue weighted by Gasteiger charge is 2.30. The van der Waals surface area contributed by atoms with Crippen LogP contribution in [0, 0.1) is 11.3 Å². The van der Waals surface area contributed by atoms with E-state index >= 15 is 0 Å². The molecule has 4 nitrogen and oxygen atoms in total. The van der Waals surface area contributed by atoms with Crippen molar-refractivity contribution in [2.24, 2.45) is 11.3 Å². The number of aliphatic carboxylic acids is 1. The number of carbonyl (C=O) groups is 2. The molecule has 0 aliphatic carbocycles. The summed E-state index contributed by atoms with van der Waals surface area (Å²) in [5.74, 6) is -1.57. The summed E-state index contributed by atoms with van der Waals surface area (Å²) in [7, 11) is 0. The molecule has 2 N–H and O–H groups in total. The normalized spacial score (nSPS) is 14.2. The van der Waals surface area contributed by atoms with Crippen molar-refractivity contribution in [1.82, 2.24) is 5.32 Å². The molecular formula is C18H27NO3. The molecule has 0 aliphatic rings. The zero-order valence-corrected chi connectivity index (χ0v) is 13.9. The first-order chi connectivity index (χ1) is 10.2. The summed E-state index contributed by atoms with van der Waals surface area (Å²) in [6, 6.07) is 9.82. The minimum Gasteiger partial charge on any atom is -0.481 e. The fourth-order valence-corrected chi connectivity index (χ4v) is 2.23. The highest BCUT2D eigenvalue weighted by atomic mass is 16.4. The Balaban J connectivity index is 2.47. The summed E-state index contributed by atoms with van der Waals surface area (Å²) < 4.78 is 0. The van der Waals surface area contributed by atoms with Crippen LogP contribution in [0.3, 0.4) is 0 Å². The summed E-state index contributed by atoms with van der Waals surface area (Å²) in [4.78, 5) is 23.3. The van der Waals surface area contributed by atoms with Gasteiger partial charge in [-0.15, -0.1) is 0 Å². The maximum Gasteiger partial charge on any atom is 0.308 e. The maximum atomic E-state index is 12.3. The Morgan fingerprint density at radius 3 is 2.32 bits per heavy atom. The van der Waals surface area contributed by atoms with Gasteiger partial charge in [0.1, 0.15) is 0 Å². The number of carboxylic acids is 1. The van der Waals surface area contributed by atoms with Crippen LogP contribution in [0.5, 0.6) is 0 Å². The Bertz CT molecular complexity index is 496. The summed E-state index contributed by atoms with van der Waals surface area (Å²) >= 11 is 0. The molecule has 2 atom stereocenters. The zero-order chi connectivity index (χ0) is 16.8. The first-order valence-electron chi connectivity index (χ1n) is 7.82. The van der Waals surface area contributed by atoms with Gasteiger partial charge in [-0.3, -0.25) is 9.59 Å². The minimum atomic E-state index is -0.894. The summed E-state index contributed by atoms with van der Waals surface area (Å²) in [5, 5.41) is 11.8. The number of amides is 1. The second-order valence-corrected chi connectivity index (χ2v) is 6.61. The van der Waals surface area contributed by atoms with E-state index in [9.17, 15) is 9.59 Å². The van der Waals surface area contributed by atoms with Crippen molar-refractivity contribution < 1.29 is 14.7 Å². The van der Waals surface area contributed by atoms with Crippen LogP contribution < -0.4 is 5.32 Å². The van der Waals surface area contributed by atoms with Crippen molar-refractivity contribution in [3.63, 3.8) is 0 Å². The van der Waals surface area contributed by atoms with Gasteiger partial charge in [0.15, 0.2) is 0 Å². The molecule has 0 spiro atoms. The molecule has 1 aromatic rings. The third kappa shape index (κ3) is 5.51. The highest BCUT2D eigenvalue weighted by Crippen LogP contribution is 2.24. The van der Waals surface area contributed by atoms with E-state index in [1.165, 1.54) is 5.56 Å². The van der Waals surface area contributed by atoms with Crippen LogP contribution in [-0.2, 0) is 16.0 Å². The molecule has 1 amide bonds. The molecule has 0 heterocycles. The quantitative estimate of drug-likeness (QED) is 0.774. The molecule has 2 unspecified atom stereocenters.